The lowest BCUT2D eigenvalue weighted by Crippen LogP contribution is -1.99. The van der Waals surface area contributed by atoms with Crippen LogP contribution in [-0.4, -0.2) is 21.8 Å². The Morgan fingerprint density at radius 2 is 2.00 bits per heavy atom. The Morgan fingerprint density at radius 3 is 2.75 bits per heavy atom. The molecular formula is C16H16N2O2. The summed E-state index contributed by atoms with van der Waals surface area (Å²) in [6, 6.07) is 13.2. The van der Waals surface area contributed by atoms with Crippen molar-refractivity contribution in [2.45, 2.75) is 6.42 Å². The van der Waals surface area contributed by atoms with Gasteiger partial charge in [0.2, 0.25) is 0 Å². The maximum Gasteiger partial charge on any atom is 0.119 e. The molecule has 0 radical (unpaired) electrons. The van der Waals surface area contributed by atoms with E-state index in [9.17, 15) is 5.11 Å². The molecule has 0 amide bonds. The van der Waals surface area contributed by atoms with Gasteiger partial charge in [0.25, 0.3) is 0 Å². The second-order valence-electron chi connectivity index (χ2n) is 4.75. The number of para-hydroxylation sites is 2. The highest BCUT2D eigenvalue weighted by molar-refractivity contribution is 5.75. The minimum atomic E-state index is 0.262. The van der Waals surface area contributed by atoms with E-state index in [2.05, 4.69) is 4.98 Å². The predicted octanol–water partition coefficient (Wildman–Crippen LogP) is 2.88. The van der Waals surface area contributed by atoms with Gasteiger partial charge in [0, 0.05) is 19.0 Å². The van der Waals surface area contributed by atoms with Gasteiger partial charge in [0.1, 0.15) is 17.3 Å². The van der Waals surface area contributed by atoms with Crippen molar-refractivity contribution in [3.8, 4) is 11.5 Å². The zero-order chi connectivity index (χ0) is 14.1. The lowest BCUT2D eigenvalue weighted by molar-refractivity contribution is 0.411. The average Bonchev–Trinajstić information content (AvgIpc) is 2.78. The number of phenols is 1. The maximum absolute atomic E-state index is 9.96. The van der Waals surface area contributed by atoms with Gasteiger partial charge in [-0.15, -0.1) is 0 Å². The first-order valence-electron chi connectivity index (χ1n) is 6.45. The van der Waals surface area contributed by atoms with Crippen molar-refractivity contribution in [3.63, 3.8) is 0 Å². The van der Waals surface area contributed by atoms with Crippen LogP contribution in [0.5, 0.6) is 11.5 Å². The summed E-state index contributed by atoms with van der Waals surface area (Å²) >= 11 is 0. The number of ether oxygens (including phenoxy) is 1. The van der Waals surface area contributed by atoms with Crippen molar-refractivity contribution < 1.29 is 9.84 Å². The van der Waals surface area contributed by atoms with Crippen LogP contribution in [0.2, 0.25) is 0 Å². The van der Waals surface area contributed by atoms with E-state index in [4.69, 9.17) is 4.74 Å². The SMILES string of the molecule is COc1ccc(O)c(Cc2nc3ccccc3n2C)c1. The molecule has 0 saturated carbocycles. The Kier molecular flexibility index (Phi) is 3.06. The third-order valence-corrected chi connectivity index (χ3v) is 3.51. The van der Waals surface area contributed by atoms with E-state index in [1.807, 2.05) is 41.9 Å². The summed E-state index contributed by atoms with van der Waals surface area (Å²) in [7, 11) is 3.60. The van der Waals surface area contributed by atoms with E-state index in [0.717, 1.165) is 28.2 Å². The first kappa shape index (κ1) is 12.5. The number of aryl methyl sites for hydroxylation is 1. The van der Waals surface area contributed by atoms with Crippen molar-refractivity contribution in [2.75, 3.05) is 7.11 Å². The van der Waals surface area contributed by atoms with Crippen LogP contribution in [0.15, 0.2) is 42.5 Å². The number of aromatic hydroxyl groups is 1. The first-order chi connectivity index (χ1) is 9.69. The Labute approximate surface area is 117 Å². The van der Waals surface area contributed by atoms with Crippen molar-refractivity contribution >= 4 is 11.0 Å². The normalized spacial score (nSPS) is 10.9. The average molecular weight is 268 g/mol. The molecule has 4 nitrogen and oxygen atoms in total. The first-order valence-corrected chi connectivity index (χ1v) is 6.45. The summed E-state index contributed by atoms with van der Waals surface area (Å²) in [5.74, 6) is 1.91. The van der Waals surface area contributed by atoms with Crippen LogP contribution < -0.4 is 4.74 Å². The van der Waals surface area contributed by atoms with Crippen LogP contribution in [-0.2, 0) is 13.5 Å². The number of fused-ring (bicyclic) bond motifs is 1. The van der Waals surface area contributed by atoms with Gasteiger partial charge in [-0.2, -0.15) is 0 Å². The Morgan fingerprint density at radius 1 is 1.20 bits per heavy atom. The fourth-order valence-electron chi connectivity index (χ4n) is 2.35. The number of phenolic OH excluding ortho intramolecular Hbond substituents is 1. The summed E-state index contributed by atoms with van der Waals surface area (Å²) in [6.45, 7) is 0. The van der Waals surface area contributed by atoms with Gasteiger partial charge in [-0.25, -0.2) is 4.98 Å². The minimum Gasteiger partial charge on any atom is -0.508 e. The van der Waals surface area contributed by atoms with Crippen LogP contribution in [0.1, 0.15) is 11.4 Å². The Balaban J connectivity index is 2.03. The molecule has 20 heavy (non-hydrogen) atoms. The summed E-state index contributed by atoms with van der Waals surface area (Å²) in [4.78, 5) is 4.62. The number of aromatic nitrogens is 2. The van der Waals surface area contributed by atoms with Crippen molar-refractivity contribution in [2.24, 2.45) is 7.05 Å². The van der Waals surface area contributed by atoms with Gasteiger partial charge < -0.3 is 14.4 Å². The largest absolute Gasteiger partial charge is 0.508 e. The van der Waals surface area contributed by atoms with Gasteiger partial charge in [-0.1, -0.05) is 12.1 Å². The van der Waals surface area contributed by atoms with Crippen LogP contribution in [0, 0.1) is 0 Å². The molecule has 0 aliphatic heterocycles. The highest BCUT2D eigenvalue weighted by Gasteiger charge is 2.11. The summed E-state index contributed by atoms with van der Waals surface area (Å²) < 4.78 is 7.25. The van der Waals surface area contributed by atoms with Gasteiger partial charge in [0.15, 0.2) is 0 Å². The zero-order valence-electron chi connectivity index (χ0n) is 11.5. The number of hydrogen-bond acceptors (Lipinski definition) is 3. The Bertz CT molecular complexity index is 762. The molecule has 0 saturated heterocycles. The van der Waals surface area contributed by atoms with E-state index in [-0.39, 0.29) is 5.75 Å². The van der Waals surface area contributed by atoms with E-state index >= 15 is 0 Å². The fraction of sp³-hybridized carbons (Fsp3) is 0.188. The molecule has 102 valence electrons. The number of rotatable bonds is 3. The molecule has 4 heteroatoms. The second kappa shape index (κ2) is 4.89. The number of imidazole rings is 1. The minimum absolute atomic E-state index is 0.262. The van der Waals surface area contributed by atoms with E-state index in [1.54, 1.807) is 19.2 Å². The van der Waals surface area contributed by atoms with Gasteiger partial charge in [-0.3, -0.25) is 0 Å². The lowest BCUT2D eigenvalue weighted by Gasteiger charge is -2.07. The smallest absolute Gasteiger partial charge is 0.119 e. The zero-order valence-corrected chi connectivity index (χ0v) is 11.5. The van der Waals surface area contributed by atoms with E-state index in [1.165, 1.54) is 0 Å². The predicted molar refractivity (Wildman–Crippen MR) is 78.2 cm³/mol. The highest BCUT2D eigenvalue weighted by Crippen LogP contribution is 2.26. The van der Waals surface area contributed by atoms with Gasteiger partial charge in [-0.05, 0) is 30.3 Å². The van der Waals surface area contributed by atoms with Crippen molar-refractivity contribution in [3.05, 3.63) is 53.9 Å². The van der Waals surface area contributed by atoms with Crippen LogP contribution in [0.3, 0.4) is 0 Å². The molecule has 0 bridgehead atoms. The quantitative estimate of drug-likeness (QED) is 0.794. The molecule has 0 atom stereocenters. The molecule has 1 N–H and O–H groups in total. The molecule has 0 unspecified atom stereocenters. The standard InChI is InChI=1S/C16H16N2O2/c1-18-14-6-4-3-5-13(14)17-16(18)10-11-9-12(20-2)7-8-15(11)19/h3-9,19H,10H2,1-2H3. The highest BCUT2D eigenvalue weighted by atomic mass is 16.5. The molecule has 3 aromatic rings. The van der Waals surface area contributed by atoms with Crippen molar-refractivity contribution in [1.82, 2.24) is 9.55 Å². The maximum atomic E-state index is 9.96. The molecule has 1 aromatic heterocycles. The number of nitrogens with zero attached hydrogens (tertiary/aromatic N) is 2. The van der Waals surface area contributed by atoms with E-state index in [0.29, 0.717) is 6.42 Å². The Hall–Kier alpha value is -2.49. The number of hydrogen-bond donors (Lipinski definition) is 1. The topological polar surface area (TPSA) is 47.3 Å². The van der Waals surface area contributed by atoms with E-state index < -0.39 is 0 Å². The van der Waals surface area contributed by atoms with Crippen molar-refractivity contribution in [1.29, 1.82) is 0 Å². The summed E-state index contributed by atoms with van der Waals surface area (Å²) in [5.41, 5.74) is 2.86. The molecule has 3 rings (SSSR count). The van der Waals surface area contributed by atoms with Crippen LogP contribution in [0.4, 0.5) is 0 Å². The third kappa shape index (κ3) is 2.09. The molecule has 0 aliphatic carbocycles. The molecule has 0 aliphatic rings. The molecule has 1 heterocycles. The molecule has 2 aromatic carbocycles. The van der Waals surface area contributed by atoms with Gasteiger partial charge >= 0.3 is 0 Å². The third-order valence-electron chi connectivity index (χ3n) is 3.51. The lowest BCUT2D eigenvalue weighted by atomic mass is 10.1. The molecular weight excluding hydrogens is 252 g/mol. The summed E-state index contributed by atoms with van der Waals surface area (Å²) in [6.07, 6.45) is 0.564. The monoisotopic (exact) mass is 268 g/mol. The van der Waals surface area contributed by atoms with Gasteiger partial charge in [0.05, 0.1) is 18.1 Å². The summed E-state index contributed by atoms with van der Waals surface area (Å²) in [5, 5.41) is 9.96. The molecule has 0 spiro atoms. The number of methoxy groups -OCH3 is 1. The van der Waals surface area contributed by atoms with Crippen LogP contribution >= 0.6 is 0 Å². The fourth-order valence-corrected chi connectivity index (χ4v) is 2.35. The second-order valence-corrected chi connectivity index (χ2v) is 4.75. The number of benzene rings is 2. The molecule has 0 fully saturated rings. The van der Waals surface area contributed by atoms with Crippen LogP contribution in [0.25, 0.3) is 11.0 Å².